The maximum atomic E-state index is 13.3. The number of halogens is 1. The Kier molecular flexibility index (Phi) is 5.06. The lowest BCUT2D eigenvalue weighted by atomic mass is 9.84. The molecule has 2 aromatic carbocycles. The van der Waals surface area contributed by atoms with Crippen LogP contribution in [0.5, 0.6) is 23.0 Å². The number of aromatic hydroxyl groups is 3. The summed E-state index contributed by atoms with van der Waals surface area (Å²) in [5.74, 6) is -8.00. The van der Waals surface area contributed by atoms with Gasteiger partial charge in [0.15, 0.2) is 28.8 Å². The van der Waals surface area contributed by atoms with Crippen LogP contribution in [0.15, 0.2) is 37.1 Å². The zero-order chi connectivity index (χ0) is 28.1. The summed E-state index contributed by atoms with van der Waals surface area (Å²) in [5, 5.41) is 42.7. The molecule has 0 bridgehead atoms. The second kappa shape index (κ2) is 7.97. The number of aliphatic hydroxyl groups excluding tert-OH is 1. The lowest BCUT2D eigenvalue weighted by Crippen LogP contribution is -2.41. The minimum absolute atomic E-state index is 0.0356. The van der Waals surface area contributed by atoms with Gasteiger partial charge in [0.2, 0.25) is 11.5 Å². The lowest BCUT2D eigenvalue weighted by Gasteiger charge is -2.37. The zero-order valence-corrected chi connectivity index (χ0v) is 21.2. The highest BCUT2D eigenvalue weighted by atomic mass is 79.9. The van der Waals surface area contributed by atoms with Crippen molar-refractivity contribution in [3.63, 3.8) is 0 Å². The van der Waals surface area contributed by atoms with Gasteiger partial charge in [-0.2, -0.15) is 0 Å². The second-order valence-electron chi connectivity index (χ2n) is 9.15. The van der Waals surface area contributed by atoms with Gasteiger partial charge in [-0.1, -0.05) is 0 Å². The number of Topliss-reactive ketones (excluding diaryl/α,β-unsaturated/α-hetero) is 2. The smallest absolute Gasteiger partial charge is 0.374 e. The number of benzene rings is 2. The van der Waals surface area contributed by atoms with Crippen molar-refractivity contribution in [1.29, 1.82) is 0 Å². The number of ketones is 2. The van der Waals surface area contributed by atoms with Crippen molar-refractivity contribution < 1.29 is 53.4 Å². The number of esters is 1. The summed E-state index contributed by atoms with van der Waals surface area (Å²) in [6.07, 6.45) is -2.11. The molecule has 2 aliphatic heterocycles. The minimum Gasteiger partial charge on any atom is -0.506 e. The molecular formula is C25H16BrNO12. The quantitative estimate of drug-likeness (QED) is 0.117. The molecule has 3 aliphatic rings. The number of phenolic OH excluding ortho intramolecular Hbond substituents is 3. The third kappa shape index (κ3) is 3.21. The summed E-state index contributed by atoms with van der Waals surface area (Å²) in [5.41, 5.74) is 3.08. The van der Waals surface area contributed by atoms with E-state index < -0.39 is 81.4 Å². The van der Waals surface area contributed by atoms with E-state index in [0.717, 1.165) is 13.2 Å². The number of ether oxygens (including phenoxy) is 3. The lowest BCUT2D eigenvalue weighted by molar-refractivity contribution is -0.170. The maximum Gasteiger partial charge on any atom is 0.374 e. The third-order valence-corrected chi connectivity index (χ3v) is 7.71. The van der Waals surface area contributed by atoms with Gasteiger partial charge in [-0.15, -0.1) is 0 Å². The molecule has 6 N–H and O–H groups in total. The molecule has 0 saturated carbocycles. The number of aliphatic hydroxyl groups is 1. The fourth-order valence-electron chi connectivity index (χ4n) is 5.12. The van der Waals surface area contributed by atoms with Gasteiger partial charge in [0.25, 0.3) is 5.79 Å². The zero-order valence-electron chi connectivity index (χ0n) is 19.7. The molecule has 1 aromatic heterocycles. The molecule has 1 spiro atoms. The number of hydrogen-bond donors (Lipinski definition) is 5. The predicted octanol–water partition coefficient (Wildman–Crippen LogP) is 2.31. The average Bonchev–Trinajstić information content (AvgIpc) is 3.27. The SMILES string of the molecule is COC(=O)c1cc2cc3c(c(O)c2c(=O)o1)OC1(CC2=C(O1)C(=O)c1c(O)c(N)c(Br)c(O)c1C2=O)CC3O. The van der Waals surface area contributed by atoms with Crippen LogP contribution in [-0.2, 0) is 9.47 Å². The Morgan fingerprint density at radius 3 is 2.46 bits per heavy atom. The topological polar surface area (TPSA) is 216 Å². The van der Waals surface area contributed by atoms with Crippen LogP contribution in [0.2, 0.25) is 0 Å². The van der Waals surface area contributed by atoms with Crippen LogP contribution in [0.25, 0.3) is 10.8 Å². The largest absolute Gasteiger partial charge is 0.506 e. The van der Waals surface area contributed by atoms with Crippen molar-refractivity contribution in [2.45, 2.75) is 24.7 Å². The molecule has 14 heteroatoms. The van der Waals surface area contributed by atoms with Gasteiger partial charge >= 0.3 is 11.6 Å². The number of methoxy groups -OCH3 is 1. The molecular weight excluding hydrogens is 586 g/mol. The molecule has 0 fully saturated rings. The van der Waals surface area contributed by atoms with E-state index in [1.165, 1.54) is 6.07 Å². The van der Waals surface area contributed by atoms with Crippen molar-refractivity contribution in [1.82, 2.24) is 0 Å². The van der Waals surface area contributed by atoms with E-state index in [1.807, 2.05) is 0 Å². The second-order valence-corrected chi connectivity index (χ2v) is 9.94. The number of phenols is 3. The Morgan fingerprint density at radius 1 is 1.08 bits per heavy atom. The molecule has 2 atom stereocenters. The fraction of sp³-hybridized carbons (Fsp3) is 0.200. The number of nitrogen functional groups attached to an aromatic ring is 1. The van der Waals surface area contributed by atoms with Gasteiger partial charge in [-0.3, -0.25) is 9.59 Å². The number of carbonyl (C=O) groups excluding carboxylic acids is 3. The first-order chi connectivity index (χ1) is 18.4. The van der Waals surface area contributed by atoms with E-state index in [0.29, 0.717) is 0 Å². The average molecular weight is 602 g/mol. The Balaban J connectivity index is 1.44. The van der Waals surface area contributed by atoms with Crippen molar-refractivity contribution >= 4 is 49.9 Å². The Bertz CT molecular complexity index is 1740. The molecule has 13 nitrogen and oxygen atoms in total. The van der Waals surface area contributed by atoms with Crippen molar-refractivity contribution in [3.05, 3.63) is 60.8 Å². The molecule has 2 unspecified atom stereocenters. The third-order valence-electron chi connectivity index (χ3n) is 6.91. The summed E-state index contributed by atoms with van der Waals surface area (Å²) in [6.45, 7) is 0. The van der Waals surface area contributed by atoms with Crippen molar-refractivity contribution in [2.75, 3.05) is 12.8 Å². The molecule has 3 aromatic rings. The maximum absolute atomic E-state index is 13.3. The summed E-state index contributed by atoms with van der Waals surface area (Å²) in [7, 11) is 1.09. The predicted molar refractivity (Wildman–Crippen MR) is 132 cm³/mol. The number of anilines is 1. The molecule has 200 valence electrons. The first-order valence-electron chi connectivity index (χ1n) is 11.2. The summed E-state index contributed by atoms with van der Waals surface area (Å²) < 4.78 is 21.0. The van der Waals surface area contributed by atoms with Crippen LogP contribution in [-0.4, -0.2) is 50.9 Å². The molecule has 6 rings (SSSR count). The monoisotopic (exact) mass is 601 g/mol. The first kappa shape index (κ1) is 24.8. The van der Waals surface area contributed by atoms with Crippen LogP contribution in [0.3, 0.4) is 0 Å². The number of allylic oxidation sites excluding steroid dienone is 1. The van der Waals surface area contributed by atoms with Crippen molar-refractivity contribution in [3.8, 4) is 23.0 Å². The molecule has 3 heterocycles. The van der Waals surface area contributed by atoms with E-state index in [9.17, 15) is 39.6 Å². The van der Waals surface area contributed by atoms with Gasteiger partial charge in [-0.05, 0) is 33.4 Å². The van der Waals surface area contributed by atoms with E-state index >= 15 is 0 Å². The van der Waals surface area contributed by atoms with Crippen LogP contribution in [0.4, 0.5) is 5.69 Å². The van der Waals surface area contributed by atoms with Gasteiger partial charge in [0.1, 0.15) is 11.1 Å². The van der Waals surface area contributed by atoms with Gasteiger partial charge in [0.05, 0.1) is 52.9 Å². The van der Waals surface area contributed by atoms with E-state index in [1.54, 1.807) is 0 Å². The van der Waals surface area contributed by atoms with Crippen LogP contribution in [0.1, 0.15) is 55.8 Å². The summed E-state index contributed by atoms with van der Waals surface area (Å²) in [4.78, 5) is 51.1. The normalized spacial score (nSPS) is 21.4. The van der Waals surface area contributed by atoms with Gasteiger partial charge in [0, 0.05) is 5.56 Å². The first-order valence-corrected chi connectivity index (χ1v) is 12.0. The number of nitrogens with two attached hydrogens (primary N) is 1. The van der Waals surface area contributed by atoms with Crippen molar-refractivity contribution in [2.24, 2.45) is 0 Å². The van der Waals surface area contributed by atoms with Crippen LogP contribution < -0.4 is 16.1 Å². The van der Waals surface area contributed by atoms with Crippen LogP contribution >= 0.6 is 15.9 Å². The van der Waals surface area contributed by atoms with E-state index in [-0.39, 0.29) is 44.2 Å². The highest BCUT2D eigenvalue weighted by Gasteiger charge is 2.55. The summed E-state index contributed by atoms with van der Waals surface area (Å²) in [6, 6.07) is 2.47. The minimum atomic E-state index is -1.88. The molecule has 39 heavy (non-hydrogen) atoms. The molecule has 0 saturated heterocycles. The Morgan fingerprint density at radius 2 is 1.77 bits per heavy atom. The molecule has 1 aliphatic carbocycles. The molecule has 0 radical (unpaired) electrons. The van der Waals surface area contributed by atoms with E-state index in [4.69, 9.17) is 19.6 Å². The Labute approximate surface area is 224 Å². The summed E-state index contributed by atoms with van der Waals surface area (Å²) >= 11 is 2.98. The van der Waals surface area contributed by atoms with E-state index in [2.05, 4.69) is 20.7 Å². The number of carbonyl (C=O) groups is 3. The standard InChI is InChI=1S/C25H16BrNO12/c1-36-23(34)10-3-6-2-7-9(28)5-25(38-21(7)19(32)11(6)24(35)37-10)4-8-16(29)12-13(20(33)22(8)39-25)18(31)15(27)14(26)17(12)30/h2-3,9,28,30-32H,4-5,27H2,1H3. The highest BCUT2D eigenvalue weighted by molar-refractivity contribution is 9.10. The number of hydrogen-bond acceptors (Lipinski definition) is 13. The van der Waals surface area contributed by atoms with Crippen LogP contribution in [0, 0.1) is 0 Å². The number of fused-ring (bicyclic) bond motifs is 3. The highest BCUT2D eigenvalue weighted by Crippen LogP contribution is 2.55. The van der Waals surface area contributed by atoms with Gasteiger partial charge in [-0.25, -0.2) is 9.59 Å². The number of rotatable bonds is 1. The molecule has 0 amide bonds. The Hall–Kier alpha value is -4.56. The van der Waals surface area contributed by atoms with Gasteiger partial charge < -0.3 is 44.8 Å². The fourth-order valence-corrected chi connectivity index (χ4v) is 5.51.